The molecule has 1 saturated carbocycles. The Morgan fingerprint density at radius 1 is 1.31 bits per heavy atom. The summed E-state index contributed by atoms with van der Waals surface area (Å²) in [5, 5.41) is 11.7. The van der Waals surface area contributed by atoms with Crippen molar-refractivity contribution < 1.29 is 4.74 Å². The number of thiazole rings is 1. The van der Waals surface area contributed by atoms with E-state index in [9.17, 15) is 4.79 Å². The Hall–Kier alpha value is -2.48. The van der Waals surface area contributed by atoms with Gasteiger partial charge in [0.1, 0.15) is 0 Å². The monoisotopic (exact) mass is 371 g/mol. The zero-order chi connectivity index (χ0) is 18.1. The summed E-state index contributed by atoms with van der Waals surface area (Å²) in [6, 6.07) is 3.83. The van der Waals surface area contributed by atoms with Crippen molar-refractivity contribution in [3.05, 3.63) is 56.5 Å². The second-order valence-electron chi connectivity index (χ2n) is 6.69. The van der Waals surface area contributed by atoms with Crippen LogP contribution in [0.2, 0.25) is 0 Å². The predicted octanol–water partition coefficient (Wildman–Crippen LogP) is 1.94. The van der Waals surface area contributed by atoms with Gasteiger partial charge in [0, 0.05) is 61.8 Å². The van der Waals surface area contributed by atoms with Gasteiger partial charge in [-0.25, -0.2) is 9.67 Å². The van der Waals surface area contributed by atoms with E-state index in [0.29, 0.717) is 36.3 Å². The van der Waals surface area contributed by atoms with Crippen LogP contribution in [0.4, 0.5) is 0 Å². The zero-order valence-corrected chi connectivity index (χ0v) is 15.6. The molecule has 0 saturated heterocycles. The highest BCUT2D eigenvalue weighted by Crippen LogP contribution is 2.46. The third kappa shape index (κ3) is 3.70. The maximum absolute atomic E-state index is 12.3. The number of hydrogen-bond acceptors (Lipinski definition) is 6. The average Bonchev–Trinajstić information content (AvgIpc) is 3.00. The van der Waals surface area contributed by atoms with E-state index in [1.165, 1.54) is 4.68 Å². The van der Waals surface area contributed by atoms with Crippen LogP contribution in [-0.2, 0) is 26.9 Å². The lowest BCUT2D eigenvalue weighted by molar-refractivity contribution is 0.277. The van der Waals surface area contributed by atoms with Crippen LogP contribution in [0.25, 0.3) is 0 Å². The van der Waals surface area contributed by atoms with E-state index in [0.717, 1.165) is 23.5 Å². The lowest BCUT2D eigenvalue weighted by atomic mass is 10.2. The van der Waals surface area contributed by atoms with Crippen molar-refractivity contribution in [2.75, 3.05) is 6.61 Å². The standard InChI is InChI=1S/C18H21N5O2S/c1-22-7-5-15(20-22)14-9-13(14)11-25-16-10-12(18(24)23(2)21-16)3-4-17-19-6-8-26-17/h5-8,10,13-14H,3-4,9,11H2,1-2H3/t13-,14+/m1/s1. The van der Waals surface area contributed by atoms with Gasteiger partial charge in [0.2, 0.25) is 5.88 Å². The molecule has 0 spiro atoms. The molecular formula is C18H21N5O2S. The fraction of sp³-hybridized carbons (Fsp3) is 0.444. The molecule has 0 N–H and O–H groups in total. The van der Waals surface area contributed by atoms with Gasteiger partial charge in [-0.05, 0) is 18.9 Å². The topological polar surface area (TPSA) is 74.8 Å². The number of hydrogen-bond donors (Lipinski definition) is 0. The quantitative estimate of drug-likeness (QED) is 0.634. The van der Waals surface area contributed by atoms with Gasteiger partial charge >= 0.3 is 0 Å². The average molecular weight is 371 g/mol. The highest BCUT2D eigenvalue weighted by Gasteiger charge is 2.40. The Labute approximate surface area is 155 Å². The van der Waals surface area contributed by atoms with Crippen LogP contribution in [0, 0.1) is 5.92 Å². The summed E-state index contributed by atoms with van der Waals surface area (Å²) in [4.78, 5) is 16.6. The predicted molar refractivity (Wildman–Crippen MR) is 98.6 cm³/mol. The van der Waals surface area contributed by atoms with Crippen molar-refractivity contribution in [3.63, 3.8) is 0 Å². The molecule has 0 amide bonds. The van der Waals surface area contributed by atoms with Crippen molar-refractivity contribution >= 4 is 11.3 Å². The lowest BCUT2D eigenvalue weighted by Gasteiger charge is -2.08. The summed E-state index contributed by atoms with van der Waals surface area (Å²) in [7, 11) is 3.59. The molecule has 1 fully saturated rings. The van der Waals surface area contributed by atoms with Gasteiger partial charge < -0.3 is 4.74 Å². The normalized spacial score (nSPS) is 18.8. The molecule has 1 aliphatic rings. The van der Waals surface area contributed by atoms with Gasteiger partial charge in [0.15, 0.2) is 0 Å². The fourth-order valence-electron chi connectivity index (χ4n) is 3.13. The SMILES string of the molecule is Cn1ccc([C@H]2C[C@@H]2COc2cc(CCc3nccs3)c(=O)n(C)n2)n1. The lowest BCUT2D eigenvalue weighted by Crippen LogP contribution is -2.24. The Kier molecular flexibility index (Phi) is 4.58. The molecule has 3 aromatic heterocycles. The van der Waals surface area contributed by atoms with E-state index >= 15 is 0 Å². The molecule has 0 aromatic carbocycles. The van der Waals surface area contributed by atoms with E-state index in [1.54, 1.807) is 30.6 Å². The Bertz CT molecular complexity index is 947. The van der Waals surface area contributed by atoms with Crippen LogP contribution in [-0.4, -0.2) is 31.2 Å². The van der Waals surface area contributed by atoms with Crippen LogP contribution in [0.15, 0.2) is 34.7 Å². The number of nitrogens with zero attached hydrogens (tertiary/aromatic N) is 5. The molecule has 4 rings (SSSR count). The smallest absolute Gasteiger partial charge is 0.269 e. The fourth-order valence-corrected chi connectivity index (χ4v) is 3.75. The van der Waals surface area contributed by atoms with E-state index < -0.39 is 0 Å². The third-order valence-electron chi connectivity index (χ3n) is 4.69. The number of rotatable bonds is 7. The summed E-state index contributed by atoms with van der Waals surface area (Å²) in [6.45, 7) is 0.596. The maximum Gasteiger partial charge on any atom is 0.269 e. The first-order chi connectivity index (χ1) is 12.6. The molecular weight excluding hydrogens is 350 g/mol. The van der Waals surface area contributed by atoms with E-state index in [1.807, 2.05) is 23.3 Å². The van der Waals surface area contributed by atoms with Crippen LogP contribution in [0.3, 0.4) is 0 Å². The Morgan fingerprint density at radius 2 is 2.19 bits per heavy atom. The van der Waals surface area contributed by atoms with Crippen molar-refractivity contribution in [1.29, 1.82) is 0 Å². The first-order valence-corrected chi connectivity index (χ1v) is 9.56. The summed E-state index contributed by atoms with van der Waals surface area (Å²) < 4.78 is 9.07. The molecule has 0 aliphatic heterocycles. The Morgan fingerprint density at radius 3 is 2.92 bits per heavy atom. The molecule has 2 atom stereocenters. The minimum absolute atomic E-state index is 0.0771. The minimum atomic E-state index is -0.0771. The second-order valence-corrected chi connectivity index (χ2v) is 7.67. The Balaban J connectivity index is 1.38. The molecule has 8 heteroatoms. The molecule has 3 heterocycles. The van der Waals surface area contributed by atoms with Crippen LogP contribution < -0.4 is 10.3 Å². The van der Waals surface area contributed by atoms with Gasteiger partial charge in [0.25, 0.3) is 5.56 Å². The van der Waals surface area contributed by atoms with Crippen molar-refractivity contribution in [2.24, 2.45) is 20.0 Å². The first-order valence-electron chi connectivity index (χ1n) is 8.68. The van der Waals surface area contributed by atoms with Gasteiger partial charge in [-0.3, -0.25) is 9.48 Å². The highest BCUT2D eigenvalue weighted by atomic mass is 32.1. The van der Waals surface area contributed by atoms with Crippen molar-refractivity contribution in [1.82, 2.24) is 24.5 Å². The van der Waals surface area contributed by atoms with E-state index in [4.69, 9.17) is 4.74 Å². The molecule has 7 nitrogen and oxygen atoms in total. The van der Waals surface area contributed by atoms with Gasteiger partial charge in [-0.2, -0.15) is 5.10 Å². The number of ether oxygens (including phenoxy) is 1. The van der Waals surface area contributed by atoms with Gasteiger partial charge in [-0.15, -0.1) is 16.4 Å². The first kappa shape index (κ1) is 17.0. The van der Waals surface area contributed by atoms with Crippen molar-refractivity contribution in [3.8, 4) is 5.88 Å². The van der Waals surface area contributed by atoms with Crippen LogP contribution in [0.5, 0.6) is 5.88 Å². The molecule has 0 unspecified atom stereocenters. The highest BCUT2D eigenvalue weighted by molar-refractivity contribution is 7.09. The molecule has 0 bridgehead atoms. The van der Waals surface area contributed by atoms with Crippen LogP contribution >= 0.6 is 11.3 Å². The van der Waals surface area contributed by atoms with E-state index in [2.05, 4.69) is 21.2 Å². The summed E-state index contributed by atoms with van der Waals surface area (Å²) in [5.41, 5.74) is 1.76. The number of aryl methyl sites for hydroxylation is 4. The maximum atomic E-state index is 12.3. The number of aromatic nitrogens is 5. The third-order valence-corrected chi connectivity index (χ3v) is 5.53. The van der Waals surface area contributed by atoms with E-state index in [-0.39, 0.29) is 5.56 Å². The summed E-state index contributed by atoms with van der Waals surface area (Å²) >= 11 is 1.60. The molecule has 26 heavy (non-hydrogen) atoms. The van der Waals surface area contributed by atoms with Crippen molar-refractivity contribution in [2.45, 2.75) is 25.2 Å². The molecule has 3 aromatic rings. The molecule has 0 radical (unpaired) electrons. The second kappa shape index (κ2) is 7.03. The van der Waals surface area contributed by atoms with Gasteiger partial charge in [-0.1, -0.05) is 0 Å². The van der Waals surface area contributed by atoms with Crippen LogP contribution in [0.1, 0.15) is 28.6 Å². The minimum Gasteiger partial charge on any atom is -0.476 e. The largest absolute Gasteiger partial charge is 0.476 e. The summed E-state index contributed by atoms with van der Waals surface area (Å²) in [5.74, 6) is 1.43. The molecule has 1 aliphatic carbocycles. The molecule has 136 valence electrons. The zero-order valence-electron chi connectivity index (χ0n) is 14.8. The summed E-state index contributed by atoms with van der Waals surface area (Å²) in [6.07, 6.45) is 6.22. The van der Waals surface area contributed by atoms with Gasteiger partial charge in [0.05, 0.1) is 17.3 Å².